The maximum atomic E-state index is 12.5. The van der Waals surface area contributed by atoms with Crippen LogP contribution in [0.15, 0.2) is 29.0 Å². The Bertz CT molecular complexity index is 770. The van der Waals surface area contributed by atoms with Gasteiger partial charge in [0, 0.05) is 31.7 Å². The van der Waals surface area contributed by atoms with E-state index in [2.05, 4.69) is 10.3 Å². The average molecular weight is 344 g/mol. The molecule has 7 heteroatoms. The zero-order valence-corrected chi connectivity index (χ0v) is 14.9. The fourth-order valence-electron chi connectivity index (χ4n) is 2.85. The number of rotatable bonds is 2. The number of nitrogens with zero attached hydrogens (tertiary/aromatic N) is 3. The third-order valence-corrected chi connectivity index (χ3v) is 4.15. The van der Waals surface area contributed by atoms with E-state index in [4.69, 9.17) is 4.42 Å². The van der Waals surface area contributed by atoms with Crippen LogP contribution in [-0.4, -0.2) is 58.4 Å². The quantitative estimate of drug-likeness (QED) is 0.904. The number of piperazine rings is 1. The predicted octanol–water partition coefficient (Wildman–Crippen LogP) is 2.02. The Morgan fingerprint density at radius 3 is 2.52 bits per heavy atom. The molecule has 1 aliphatic heterocycles. The van der Waals surface area contributed by atoms with Crippen LogP contribution in [0.2, 0.25) is 0 Å². The van der Waals surface area contributed by atoms with Gasteiger partial charge in [-0.1, -0.05) is 6.07 Å². The van der Waals surface area contributed by atoms with Crippen LogP contribution in [0.4, 0.5) is 4.79 Å². The molecule has 0 unspecified atom stereocenters. The van der Waals surface area contributed by atoms with Crippen molar-refractivity contribution in [2.24, 2.45) is 0 Å². The fourth-order valence-corrected chi connectivity index (χ4v) is 2.85. The lowest BCUT2D eigenvalue weighted by atomic mass is 10.1. The molecule has 1 aliphatic rings. The Morgan fingerprint density at radius 1 is 1.16 bits per heavy atom. The summed E-state index contributed by atoms with van der Waals surface area (Å²) in [6.07, 6.45) is 1.73. The summed E-state index contributed by atoms with van der Waals surface area (Å²) in [6, 6.07) is 5.54. The second-order valence-corrected chi connectivity index (χ2v) is 7.38. The van der Waals surface area contributed by atoms with E-state index < -0.39 is 0 Å². The Hall–Kier alpha value is -2.57. The van der Waals surface area contributed by atoms with Gasteiger partial charge in [0.2, 0.25) is 5.91 Å². The van der Waals surface area contributed by atoms with E-state index in [1.54, 1.807) is 4.90 Å². The lowest BCUT2D eigenvalue weighted by Crippen LogP contribution is -2.56. The molecular formula is C18H24N4O3. The van der Waals surface area contributed by atoms with E-state index in [0.717, 1.165) is 11.1 Å². The molecule has 1 N–H and O–H groups in total. The number of oxazole rings is 1. The molecule has 0 spiro atoms. The summed E-state index contributed by atoms with van der Waals surface area (Å²) in [5.74, 6) is 0.0646. The van der Waals surface area contributed by atoms with E-state index in [9.17, 15) is 9.59 Å². The molecule has 1 saturated heterocycles. The zero-order chi connectivity index (χ0) is 18.0. The standard InChI is InChI=1S/C18H24N4O3/c1-18(2,3)20-17(24)22-8-6-21(7-9-22)16(23)11-13-4-5-14-15(10-13)25-12-19-14/h4-5,10,12H,6-9,11H2,1-3H3,(H,20,24). The highest BCUT2D eigenvalue weighted by molar-refractivity contribution is 5.81. The second-order valence-electron chi connectivity index (χ2n) is 7.38. The SMILES string of the molecule is CC(C)(C)NC(=O)N1CCN(C(=O)Cc2ccc3ncoc3c2)CC1. The number of fused-ring (bicyclic) bond motifs is 1. The topological polar surface area (TPSA) is 78.7 Å². The molecule has 1 fully saturated rings. The van der Waals surface area contributed by atoms with Crippen LogP contribution in [0.25, 0.3) is 11.1 Å². The zero-order valence-electron chi connectivity index (χ0n) is 14.9. The van der Waals surface area contributed by atoms with Gasteiger partial charge in [-0.05, 0) is 38.5 Å². The molecule has 0 bridgehead atoms. The summed E-state index contributed by atoms with van der Waals surface area (Å²) in [6.45, 7) is 8.08. The van der Waals surface area contributed by atoms with Gasteiger partial charge in [-0.3, -0.25) is 4.79 Å². The molecule has 0 aliphatic carbocycles. The molecule has 7 nitrogen and oxygen atoms in total. The van der Waals surface area contributed by atoms with Crippen molar-refractivity contribution in [1.82, 2.24) is 20.1 Å². The third-order valence-electron chi connectivity index (χ3n) is 4.15. The Morgan fingerprint density at radius 2 is 1.84 bits per heavy atom. The predicted molar refractivity (Wildman–Crippen MR) is 94.2 cm³/mol. The average Bonchev–Trinajstić information content (AvgIpc) is 3.01. The minimum Gasteiger partial charge on any atom is -0.443 e. The van der Waals surface area contributed by atoms with Crippen LogP contribution in [-0.2, 0) is 11.2 Å². The van der Waals surface area contributed by atoms with Crippen molar-refractivity contribution in [3.63, 3.8) is 0 Å². The number of hydrogen-bond acceptors (Lipinski definition) is 4. The molecular weight excluding hydrogens is 320 g/mol. The molecule has 3 amide bonds. The maximum Gasteiger partial charge on any atom is 0.317 e. The first-order valence-electron chi connectivity index (χ1n) is 8.49. The van der Waals surface area contributed by atoms with E-state index in [0.29, 0.717) is 38.2 Å². The number of hydrogen-bond donors (Lipinski definition) is 1. The maximum absolute atomic E-state index is 12.5. The van der Waals surface area contributed by atoms with Crippen LogP contribution < -0.4 is 5.32 Å². The van der Waals surface area contributed by atoms with Gasteiger partial charge in [0.25, 0.3) is 0 Å². The van der Waals surface area contributed by atoms with Crippen molar-refractivity contribution in [2.75, 3.05) is 26.2 Å². The fraction of sp³-hybridized carbons (Fsp3) is 0.500. The molecule has 1 aromatic carbocycles. The molecule has 134 valence electrons. The van der Waals surface area contributed by atoms with Crippen molar-refractivity contribution < 1.29 is 14.0 Å². The summed E-state index contributed by atoms with van der Waals surface area (Å²) in [5.41, 5.74) is 2.12. The van der Waals surface area contributed by atoms with Gasteiger partial charge < -0.3 is 19.5 Å². The molecule has 0 saturated carbocycles. The molecule has 2 aromatic rings. The van der Waals surface area contributed by atoms with Crippen molar-refractivity contribution >= 4 is 23.0 Å². The van der Waals surface area contributed by atoms with Gasteiger partial charge in [-0.15, -0.1) is 0 Å². The Labute approximate surface area is 147 Å². The summed E-state index contributed by atoms with van der Waals surface area (Å²) < 4.78 is 5.28. The first-order valence-corrected chi connectivity index (χ1v) is 8.49. The highest BCUT2D eigenvalue weighted by Crippen LogP contribution is 2.16. The van der Waals surface area contributed by atoms with Gasteiger partial charge in [0.1, 0.15) is 5.52 Å². The highest BCUT2D eigenvalue weighted by Gasteiger charge is 2.26. The smallest absolute Gasteiger partial charge is 0.317 e. The van der Waals surface area contributed by atoms with Gasteiger partial charge in [0.05, 0.1) is 6.42 Å². The molecule has 3 rings (SSSR count). The minimum absolute atomic E-state index is 0.0646. The number of carbonyl (C=O) groups excluding carboxylic acids is 2. The van der Waals surface area contributed by atoms with Gasteiger partial charge in [-0.2, -0.15) is 0 Å². The number of aromatic nitrogens is 1. The summed E-state index contributed by atoms with van der Waals surface area (Å²) >= 11 is 0. The Balaban J connectivity index is 1.53. The summed E-state index contributed by atoms with van der Waals surface area (Å²) in [7, 11) is 0. The second kappa shape index (κ2) is 6.74. The van der Waals surface area contributed by atoms with Crippen LogP contribution in [0.1, 0.15) is 26.3 Å². The number of carbonyl (C=O) groups is 2. The Kier molecular flexibility index (Phi) is 4.65. The number of urea groups is 1. The first-order chi connectivity index (χ1) is 11.8. The van der Waals surface area contributed by atoms with Crippen LogP contribution in [0, 0.1) is 0 Å². The molecule has 1 aromatic heterocycles. The van der Waals surface area contributed by atoms with Crippen molar-refractivity contribution in [2.45, 2.75) is 32.7 Å². The van der Waals surface area contributed by atoms with E-state index in [1.165, 1.54) is 6.39 Å². The molecule has 0 atom stereocenters. The van der Waals surface area contributed by atoms with E-state index in [1.807, 2.05) is 43.9 Å². The van der Waals surface area contributed by atoms with Gasteiger partial charge >= 0.3 is 6.03 Å². The minimum atomic E-state index is -0.261. The van der Waals surface area contributed by atoms with Crippen LogP contribution in [0.5, 0.6) is 0 Å². The van der Waals surface area contributed by atoms with Crippen molar-refractivity contribution in [1.29, 1.82) is 0 Å². The molecule has 25 heavy (non-hydrogen) atoms. The third kappa shape index (κ3) is 4.29. The lowest BCUT2D eigenvalue weighted by molar-refractivity contribution is -0.131. The lowest BCUT2D eigenvalue weighted by Gasteiger charge is -2.36. The number of nitrogens with one attached hydrogen (secondary N) is 1. The largest absolute Gasteiger partial charge is 0.443 e. The first kappa shape index (κ1) is 17.3. The van der Waals surface area contributed by atoms with Gasteiger partial charge in [-0.25, -0.2) is 9.78 Å². The summed E-state index contributed by atoms with van der Waals surface area (Å²) in [4.78, 5) is 32.3. The highest BCUT2D eigenvalue weighted by atomic mass is 16.3. The molecule has 0 radical (unpaired) electrons. The monoisotopic (exact) mass is 344 g/mol. The summed E-state index contributed by atoms with van der Waals surface area (Å²) in [5, 5.41) is 2.95. The van der Waals surface area contributed by atoms with E-state index in [-0.39, 0.29) is 17.5 Å². The van der Waals surface area contributed by atoms with Gasteiger partial charge in [0.15, 0.2) is 12.0 Å². The molecule has 2 heterocycles. The van der Waals surface area contributed by atoms with E-state index >= 15 is 0 Å². The van der Waals surface area contributed by atoms with Crippen molar-refractivity contribution in [3.05, 3.63) is 30.2 Å². The number of amides is 3. The van der Waals surface area contributed by atoms with Crippen LogP contribution >= 0.6 is 0 Å². The van der Waals surface area contributed by atoms with Crippen molar-refractivity contribution in [3.8, 4) is 0 Å². The number of benzene rings is 1. The van der Waals surface area contributed by atoms with Crippen LogP contribution in [0.3, 0.4) is 0 Å². The normalized spacial score (nSPS) is 15.5.